The molecular weight excluding hydrogens is 166 g/mol. The molecule has 0 atom stereocenters. The van der Waals surface area contributed by atoms with Gasteiger partial charge in [0, 0.05) is 22.7 Å². The number of pyridine rings is 1. The second kappa shape index (κ2) is 2.23. The maximum absolute atomic E-state index is 4.39. The van der Waals surface area contributed by atoms with E-state index < -0.39 is 0 Å². The molecule has 12 heavy (non-hydrogen) atoms. The summed E-state index contributed by atoms with van der Waals surface area (Å²) in [6.45, 7) is 0. The van der Waals surface area contributed by atoms with Crippen LogP contribution in [0, 0.1) is 0 Å². The van der Waals surface area contributed by atoms with Gasteiger partial charge in [0.2, 0.25) is 0 Å². The van der Waals surface area contributed by atoms with Crippen molar-refractivity contribution in [2.45, 2.75) is 5.03 Å². The van der Waals surface area contributed by atoms with E-state index in [2.05, 4.69) is 29.3 Å². The van der Waals surface area contributed by atoms with Gasteiger partial charge in [-0.1, -0.05) is 24.3 Å². The number of thioether (sulfide) groups is 1. The van der Waals surface area contributed by atoms with Crippen LogP contribution in [-0.2, 0) is 0 Å². The lowest BCUT2D eigenvalue weighted by Crippen LogP contribution is -2.27. The van der Waals surface area contributed by atoms with Crippen molar-refractivity contribution >= 4 is 30.0 Å². The molecule has 3 rings (SSSR count). The molecule has 1 nitrogen and oxygen atoms in total. The first-order valence-electron chi connectivity index (χ1n) is 3.95. The van der Waals surface area contributed by atoms with Crippen LogP contribution in [0.15, 0.2) is 17.3 Å². The largest absolute Gasteiger partial charge is 0.249 e. The van der Waals surface area contributed by atoms with E-state index in [4.69, 9.17) is 0 Å². The number of hydrogen-bond acceptors (Lipinski definition) is 2. The van der Waals surface area contributed by atoms with E-state index in [1.807, 2.05) is 18.0 Å². The molecule has 0 aromatic carbocycles. The van der Waals surface area contributed by atoms with E-state index in [0.717, 1.165) is 5.75 Å². The number of nitrogens with zero attached hydrogens (tertiary/aromatic N) is 1. The molecule has 0 amide bonds. The van der Waals surface area contributed by atoms with E-state index in [1.54, 1.807) is 0 Å². The summed E-state index contributed by atoms with van der Waals surface area (Å²) >= 11 is 1.82. The molecule has 2 heterocycles. The second-order valence-electron chi connectivity index (χ2n) is 2.89. The molecule has 58 valence electrons. The summed E-state index contributed by atoms with van der Waals surface area (Å²) in [5.74, 6) is 1.08. The third-order valence-electron chi connectivity index (χ3n) is 2.20. The Morgan fingerprint density at radius 1 is 1.33 bits per heavy atom. The van der Waals surface area contributed by atoms with Gasteiger partial charge < -0.3 is 0 Å². The Bertz CT molecular complexity index is 485. The fraction of sp³-hybridized carbons (Fsp3) is 0.100. The van der Waals surface area contributed by atoms with E-state index in [0.29, 0.717) is 0 Å². The summed E-state index contributed by atoms with van der Waals surface area (Å²) in [6, 6.07) is 0. The molecule has 0 saturated heterocycles. The zero-order valence-electron chi connectivity index (χ0n) is 6.45. The minimum Gasteiger partial charge on any atom is -0.249 e. The van der Waals surface area contributed by atoms with Crippen molar-refractivity contribution in [2.75, 3.05) is 5.75 Å². The topological polar surface area (TPSA) is 12.9 Å². The summed E-state index contributed by atoms with van der Waals surface area (Å²) in [7, 11) is 0. The molecular formula is C10H7NS. The predicted octanol–water partition coefficient (Wildman–Crippen LogP) is 0.775. The fourth-order valence-corrected chi connectivity index (χ4v) is 2.50. The van der Waals surface area contributed by atoms with Gasteiger partial charge in [-0.05, 0) is 5.22 Å². The molecule has 1 aromatic heterocycles. The van der Waals surface area contributed by atoms with E-state index in [1.165, 1.54) is 21.0 Å². The van der Waals surface area contributed by atoms with Gasteiger partial charge in [-0.15, -0.1) is 11.8 Å². The van der Waals surface area contributed by atoms with Crippen molar-refractivity contribution in [1.82, 2.24) is 4.98 Å². The Balaban J connectivity index is 2.54. The van der Waals surface area contributed by atoms with Gasteiger partial charge in [0.25, 0.3) is 0 Å². The molecule has 0 bridgehead atoms. The number of aromatic nitrogens is 1. The molecule has 2 aliphatic rings. The molecule has 0 radical (unpaired) electrons. The lowest BCUT2D eigenvalue weighted by atomic mass is 10.2. The highest BCUT2D eigenvalue weighted by atomic mass is 32.2. The summed E-state index contributed by atoms with van der Waals surface area (Å²) in [5.41, 5.74) is 1.26. The van der Waals surface area contributed by atoms with Crippen LogP contribution in [0.25, 0.3) is 18.2 Å². The molecule has 0 fully saturated rings. The SMILES string of the molecule is C1=Cc2cnc3c(c2=C1)=CCS3. The average molecular weight is 173 g/mol. The van der Waals surface area contributed by atoms with Crippen LogP contribution in [-0.4, -0.2) is 10.7 Å². The van der Waals surface area contributed by atoms with Crippen LogP contribution in [0.4, 0.5) is 0 Å². The van der Waals surface area contributed by atoms with Gasteiger partial charge in [-0.2, -0.15) is 0 Å². The minimum absolute atomic E-state index is 1.08. The zero-order chi connectivity index (χ0) is 7.97. The van der Waals surface area contributed by atoms with Crippen LogP contribution in [0.2, 0.25) is 0 Å². The van der Waals surface area contributed by atoms with Gasteiger partial charge in [0.15, 0.2) is 0 Å². The number of rotatable bonds is 0. The van der Waals surface area contributed by atoms with Crippen LogP contribution in [0.3, 0.4) is 0 Å². The maximum atomic E-state index is 4.39. The van der Waals surface area contributed by atoms with Crippen molar-refractivity contribution in [3.63, 3.8) is 0 Å². The standard InChI is InChI=1S/C10H7NS/c1-2-7-6-11-10-9(4-5-12-10)8(7)3-1/h1-4,6H,5H2. The highest BCUT2D eigenvalue weighted by Crippen LogP contribution is 2.15. The molecule has 0 unspecified atom stereocenters. The summed E-state index contributed by atoms with van der Waals surface area (Å²) in [6.07, 6.45) is 10.6. The third-order valence-corrected chi connectivity index (χ3v) is 3.13. The van der Waals surface area contributed by atoms with Crippen LogP contribution in [0.1, 0.15) is 5.56 Å². The maximum Gasteiger partial charge on any atom is 0.104 e. The van der Waals surface area contributed by atoms with Gasteiger partial charge in [0.05, 0.1) is 0 Å². The Labute approximate surface area is 74.5 Å². The Morgan fingerprint density at radius 3 is 3.33 bits per heavy atom. The summed E-state index contributed by atoms with van der Waals surface area (Å²) < 4.78 is 0. The quantitative estimate of drug-likeness (QED) is 0.575. The van der Waals surface area contributed by atoms with E-state index >= 15 is 0 Å². The number of allylic oxidation sites excluding steroid dienone is 1. The van der Waals surface area contributed by atoms with E-state index in [9.17, 15) is 0 Å². The summed E-state index contributed by atoms with van der Waals surface area (Å²) in [5, 5.41) is 3.88. The molecule has 1 aliphatic heterocycles. The van der Waals surface area contributed by atoms with Crippen LogP contribution in [0.5, 0.6) is 0 Å². The smallest absolute Gasteiger partial charge is 0.104 e. The van der Waals surface area contributed by atoms with Gasteiger partial charge in [0.1, 0.15) is 5.03 Å². The number of hydrogen-bond donors (Lipinski definition) is 0. The van der Waals surface area contributed by atoms with Crippen molar-refractivity contribution < 1.29 is 0 Å². The van der Waals surface area contributed by atoms with Crippen molar-refractivity contribution in [3.05, 3.63) is 28.3 Å². The highest BCUT2D eigenvalue weighted by Gasteiger charge is 2.08. The van der Waals surface area contributed by atoms with Crippen molar-refractivity contribution in [1.29, 1.82) is 0 Å². The predicted molar refractivity (Wildman–Crippen MR) is 52.2 cm³/mol. The molecule has 1 aliphatic carbocycles. The second-order valence-corrected chi connectivity index (χ2v) is 3.90. The van der Waals surface area contributed by atoms with Gasteiger partial charge in [-0.25, -0.2) is 4.98 Å². The first kappa shape index (κ1) is 6.49. The lowest BCUT2D eigenvalue weighted by Gasteiger charge is -1.94. The fourth-order valence-electron chi connectivity index (χ4n) is 1.62. The van der Waals surface area contributed by atoms with Crippen LogP contribution >= 0.6 is 11.8 Å². The molecule has 0 N–H and O–H groups in total. The number of fused-ring (bicyclic) bond motifs is 3. The summed E-state index contributed by atoms with van der Waals surface area (Å²) in [4.78, 5) is 4.39. The Kier molecular flexibility index (Phi) is 1.21. The Morgan fingerprint density at radius 2 is 2.33 bits per heavy atom. The van der Waals surface area contributed by atoms with Crippen molar-refractivity contribution in [3.8, 4) is 0 Å². The molecule has 0 saturated carbocycles. The monoisotopic (exact) mass is 173 g/mol. The van der Waals surface area contributed by atoms with Gasteiger partial charge in [-0.3, -0.25) is 0 Å². The Hall–Kier alpha value is -1.02. The molecule has 2 heteroatoms. The lowest BCUT2D eigenvalue weighted by molar-refractivity contribution is 1.09. The molecule has 0 spiro atoms. The van der Waals surface area contributed by atoms with Crippen LogP contribution < -0.4 is 10.4 Å². The third kappa shape index (κ3) is 0.730. The zero-order valence-corrected chi connectivity index (χ0v) is 7.27. The first-order valence-corrected chi connectivity index (χ1v) is 4.94. The van der Waals surface area contributed by atoms with Gasteiger partial charge >= 0.3 is 0 Å². The van der Waals surface area contributed by atoms with E-state index in [-0.39, 0.29) is 0 Å². The normalized spacial score (nSPS) is 16.7. The first-order chi connectivity index (χ1) is 5.95. The highest BCUT2D eigenvalue weighted by molar-refractivity contribution is 7.99. The van der Waals surface area contributed by atoms with Crippen molar-refractivity contribution in [2.24, 2.45) is 0 Å². The molecule has 1 aromatic rings. The minimum atomic E-state index is 1.08. The average Bonchev–Trinajstić information content (AvgIpc) is 2.71.